The molecule has 0 saturated carbocycles. The molecule has 1 N–H and O–H groups in total. The van der Waals surface area contributed by atoms with Gasteiger partial charge in [-0.25, -0.2) is 9.59 Å². The molecular formula is C12H18N2O4. The first kappa shape index (κ1) is 14.2. The number of hydrogen-bond donors (Lipinski definition) is 1. The van der Waals surface area contributed by atoms with Gasteiger partial charge < -0.3 is 10.1 Å². The van der Waals surface area contributed by atoms with Gasteiger partial charge in [-0.05, 0) is 20.3 Å². The summed E-state index contributed by atoms with van der Waals surface area (Å²) in [7, 11) is 1.29. The second-order valence-electron chi connectivity index (χ2n) is 4.55. The smallest absolute Gasteiger partial charge is 0.333 e. The maximum Gasteiger partial charge on any atom is 0.333 e. The van der Waals surface area contributed by atoms with Crippen LogP contribution in [0.25, 0.3) is 0 Å². The fourth-order valence-corrected chi connectivity index (χ4v) is 1.69. The zero-order valence-electron chi connectivity index (χ0n) is 11.1. The molecule has 1 saturated heterocycles. The lowest BCUT2D eigenvalue weighted by atomic mass is 10.1. The van der Waals surface area contributed by atoms with Crippen molar-refractivity contribution in [2.45, 2.75) is 32.7 Å². The summed E-state index contributed by atoms with van der Waals surface area (Å²) in [5.41, 5.74) is -0.439. The Bertz CT molecular complexity index is 412. The molecule has 0 atom stereocenters. The third kappa shape index (κ3) is 2.69. The molecule has 0 bridgehead atoms. The Morgan fingerprint density at radius 3 is 2.44 bits per heavy atom. The maximum absolute atomic E-state index is 11.9. The van der Waals surface area contributed by atoms with E-state index in [0.29, 0.717) is 12.0 Å². The Balaban J connectivity index is 2.80. The monoisotopic (exact) mass is 254 g/mol. The lowest BCUT2D eigenvalue weighted by Crippen LogP contribution is -2.40. The van der Waals surface area contributed by atoms with Gasteiger partial charge in [-0.3, -0.25) is 9.69 Å². The molecule has 0 aromatic carbocycles. The van der Waals surface area contributed by atoms with Crippen molar-refractivity contribution < 1.29 is 19.1 Å². The van der Waals surface area contributed by atoms with E-state index in [1.165, 1.54) is 7.11 Å². The van der Waals surface area contributed by atoms with E-state index in [-0.39, 0.29) is 12.5 Å². The number of carbonyl (C=O) groups excluding carboxylic acids is 3. The number of nitrogens with zero attached hydrogens (tertiary/aromatic N) is 1. The zero-order chi connectivity index (χ0) is 13.9. The van der Waals surface area contributed by atoms with Crippen molar-refractivity contribution in [2.75, 3.05) is 13.7 Å². The average molecular weight is 254 g/mol. The maximum atomic E-state index is 11.9. The van der Waals surface area contributed by atoms with Gasteiger partial charge in [0.15, 0.2) is 0 Å². The second kappa shape index (κ2) is 5.20. The number of esters is 1. The fraction of sp³-hybridized carbons (Fsp3) is 0.583. The van der Waals surface area contributed by atoms with Crippen molar-refractivity contribution in [3.63, 3.8) is 0 Å². The SMILES string of the molecule is CCC(=CCN1C(=O)NC(C)(C)C1=O)C(=O)OC. The second-order valence-corrected chi connectivity index (χ2v) is 4.55. The molecule has 0 spiro atoms. The summed E-state index contributed by atoms with van der Waals surface area (Å²) >= 11 is 0. The number of carbonyl (C=O) groups is 3. The molecule has 3 amide bonds. The van der Waals surface area contributed by atoms with Crippen molar-refractivity contribution in [2.24, 2.45) is 0 Å². The molecule has 1 heterocycles. The molecule has 18 heavy (non-hydrogen) atoms. The first-order valence-corrected chi connectivity index (χ1v) is 5.75. The van der Waals surface area contributed by atoms with Gasteiger partial charge in [-0.2, -0.15) is 0 Å². The molecule has 1 rings (SSSR count). The van der Waals surface area contributed by atoms with Crippen LogP contribution in [0, 0.1) is 0 Å². The standard InChI is InChI=1S/C12H18N2O4/c1-5-8(9(15)18-4)6-7-14-10(16)12(2,3)13-11(14)17/h6H,5,7H2,1-4H3,(H,13,17). The number of methoxy groups -OCH3 is 1. The highest BCUT2D eigenvalue weighted by Gasteiger charge is 2.43. The summed E-state index contributed by atoms with van der Waals surface area (Å²) in [4.78, 5) is 35.9. The van der Waals surface area contributed by atoms with Gasteiger partial charge in [0, 0.05) is 12.1 Å². The Hall–Kier alpha value is -1.85. The third-order valence-electron chi connectivity index (χ3n) is 2.79. The summed E-state index contributed by atoms with van der Waals surface area (Å²) in [6, 6.07) is -0.443. The van der Waals surface area contributed by atoms with Crippen molar-refractivity contribution in [1.82, 2.24) is 10.2 Å². The van der Waals surface area contributed by atoms with E-state index in [2.05, 4.69) is 10.1 Å². The van der Waals surface area contributed by atoms with E-state index >= 15 is 0 Å². The highest BCUT2D eigenvalue weighted by Crippen LogP contribution is 2.16. The van der Waals surface area contributed by atoms with Crippen LogP contribution in [0.2, 0.25) is 0 Å². The van der Waals surface area contributed by atoms with Crippen LogP contribution in [0.3, 0.4) is 0 Å². The van der Waals surface area contributed by atoms with Crippen molar-refractivity contribution in [3.8, 4) is 0 Å². The van der Waals surface area contributed by atoms with Gasteiger partial charge in [-0.1, -0.05) is 13.0 Å². The summed E-state index contributed by atoms with van der Waals surface area (Å²) in [6.45, 7) is 5.15. The molecule has 100 valence electrons. The number of ether oxygens (including phenoxy) is 1. The Labute approximate surface area is 106 Å². The molecular weight excluding hydrogens is 236 g/mol. The quantitative estimate of drug-likeness (QED) is 0.458. The van der Waals surface area contributed by atoms with E-state index in [9.17, 15) is 14.4 Å². The van der Waals surface area contributed by atoms with Gasteiger partial charge in [-0.15, -0.1) is 0 Å². The molecule has 1 aliphatic heterocycles. The summed E-state index contributed by atoms with van der Waals surface area (Å²) in [6.07, 6.45) is 2.03. The predicted octanol–water partition coefficient (Wildman–Crippen LogP) is 0.826. The topological polar surface area (TPSA) is 75.7 Å². The first-order chi connectivity index (χ1) is 8.33. The number of imide groups is 1. The molecule has 0 aliphatic carbocycles. The van der Waals surface area contributed by atoms with Crippen molar-refractivity contribution in [1.29, 1.82) is 0 Å². The number of amides is 3. The third-order valence-corrected chi connectivity index (χ3v) is 2.79. The van der Waals surface area contributed by atoms with Crippen molar-refractivity contribution >= 4 is 17.9 Å². The van der Waals surface area contributed by atoms with E-state index in [4.69, 9.17) is 0 Å². The predicted molar refractivity (Wildman–Crippen MR) is 64.7 cm³/mol. The largest absolute Gasteiger partial charge is 0.466 e. The van der Waals surface area contributed by atoms with Crippen LogP contribution in [0.1, 0.15) is 27.2 Å². The minimum atomic E-state index is -0.886. The molecule has 6 nitrogen and oxygen atoms in total. The zero-order valence-corrected chi connectivity index (χ0v) is 11.1. The van der Waals surface area contributed by atoms with Crippen LogP contribution in [-0.2, 0) is 14.3 Å². The van der Waals surface area contributed by atoms with E-state index in [1.54, 1.807) is 26.8 Å². The van der Waals surface area contributed by atoms with Gasteiger partial charge in [0.1, 0.15) is 5.54 Å². The molecule has 0 aromatic rings. The molecule has 0 aromatic heterocycles. The van der Waals surface area contributed by atoms with Gasteiger partial charge in [0.25, 0.3) is 5.91 Å². The number of nitrogens with one attached hydrogen (secondary N) is 1. The average Bonchev–Trinajstić information content (AvgIpc) is 2.50. The Morgan fingerprint density at radius 1 is 1.44 bits per heavy atom. The van der Waals surface area contributed by atoms with Gasteiger partial charge in [0.2, 0.25) is 0 Å². The Kier molecular flexibility index (Phi) is 4.11. The number of urea groups is 1. The minimum absolute atomic E-state index is 0.0758. The molecule has 6 heteroatoms. The lowest BCUT2D eigenvalue weighted by Gasteiger charge is -2.14. The highest BCUT2D eigenvalue weighted by atomic mass is 16.5. The van der Waals surface area contributed by atoms with Crippen LogP contribution in [0.15, 0.2) is 11.6 Å². The Morgan fingerprint density at radius 2 is 2.06 bits per heavy atom. The molecule has 1 fully saturated rings. The summed E-state index contributed by atoms with van der Waals surface area (Å²) < 4.78 is 4.60. The van der Waals surface area contributed by atoms with Crippen LogP contribution >= 0.6 is 0 Å². The van der Waals surface area contributed by atoms with E-state index < -0.39 is 17.5 Å². The minimum Gasteiger partial charge on any atom is -0.466 e. The van der Waals surface area contributed by atoms with E-state index in [0.717, 1.165) is 4.90 Å². The molecule has 0 unspecified atom stereocenters. The van der Waals surface area contributed by atoms with Crippen LogP contribution in [0.4, 0.5) is 4.79 Å². The van der Waals surface area contributed by atoms with Gasteiger partial charge in [0.05, 0.1) is 7.11 Å². The van der Waals surface area contributed by atoms with Crippen LogP contribution in [-0.4, -0.2) is 42.0 Å². The van der Waals surface area contributed by atoms with Crippen molar-refractivity contribution in [3.05, 3.63) is 11.6 Å². The van der Waals surface area contributed by atoms with E-state index in [1.807, 2.05) is 0 Å². The molecule has 0 radical (unpaired) electrons. The fourth-order valence-electron chi connectivity index (χ4n) is 1.69. The summed E-state index contributed by atoms with van der Waals surface area (Å²) in [5.74, 6) is -0.743. The molecule has 1 aliphatic rings. The number of rotatable bonds is 4. The highest BCUT2D eigenvalue weighted by molar-refractivity contribution is 6.06. The first-order valence-electron chi connectivity index (χ1n) is 5.75. The summed E-state index contributed by atoms with van der Waals surface area (Å²) in [5, 5.41) is 2.57. The van der Waals surface area contributed by atoms with Crippen LogP contribution in [0.5, 0.6) is 0 Å². The lowest BCUT2D eigenvalue weighted by molar-refractivity contribution is -0.136. The number of hydrogen-bond acceptors (Lipinski definition) is 4. The normalized spacial score (nSPS) is 18.9. The van der Waals surface area contributed by atoms with Gasteiger partial charge >= 0.3 is 12.0 Å². The van der Waals surface area contributed by atoms with Crippen LogP contribution < -0.4 is 5.32 Å².